The van der Waals surface area contributed by atoms with Gasteiger partial charge in [0.05, 0.1) is 11.9 Å². The fraction of sp³-hybridized carbons (Fsp3) is 0.667. The Bertz CT molecular complexity index is 1340. The van der Waals surface area contributed by atoms with Gasteiger partial charge in [-0.2, -0.15) is 9.40 Å². The van der Waals surface area contributed by atoms with Crippen LogP contribution in [-0.2, 0) is 40.7 Å². The second kappa shape index (κ2) is 13.1. The van der Waals surface area contributed by atoms with E-state index in [-0.39, 0.29) is 0 Å². The maximum Gasteiger partial charge on any atom is 0.222 e. The summed E-state index contributed by atoms with van der Waals surface area (Å²) in [6.45, 7) is 6.61. The van der Waals surface area contributed by atoms with Crippen LogP contribution in [0.25, 0.3) is 11.3 Å². The molecule has 0 atom stereocenters. The average molecular weight is 605 g/mol. The summed E-state index contributed by atoms with van der Waals surface area (Å²) in [6.07, 6.45) is 8.65. The van der Waals surface area contributed by atoms with Crippen molar-refractivity contribution in [3.05, 3.63) is 40.0 Å². The van der Waals surface area contributed by atoms with Crippen LogP contribution in [0, 0.1) is 0 Å². The van der Waals surface area contributed by atoms with Crippen LogP contribution in [0.5, 0.6) is 0 Å². The third kappa shape index (κ3) is 7.33. The smallest absolute Gasteiger partial charge is 0.222 e. The van der Waals surface area contributed by atoms with E-state index in [1.807, 2.05) is 12.1 Å². The number of rotatable bonds is 11. The molecule has 0 bridgehead atoms. The van der Waals surface area contributed by atoms with Gasteiger partial charge in [0.25, 0.3) is 0 Å². The number of aromatic nitrogens is 2. The van der Waals surface area contributed by atoms with Gasteiger partial charge in [0.2, 0.25) is 15.9 Å². The number of hydrogen-bond acceptors (Lipinski definition) is 6. The molecule has 2 aromatic rings. The molecule has 5 rings (SSSR count). The first-order valence-electron chi connectivity index (χ1n) is 15.1. The molecule has 4 heterocycles. The van der Waals surface area contributed by atoms with Crippen LogP contribution >= 0.6 is 11.6 Å². The molecule has 0 N–H and O–H groups in total. The van der Waals surface area contributed by atoms with Crippen LogP contribution in [-0.4, -0.2) is 109 Å². The predicted octanol–water partition coefficient (Wildman–Crippen LogP) is 3.49. The molecule has 0 spiro atoms. The van der Waals surface area contributed by atoms with Crippen molar-refractivity contribution >= 4 is 27.5 Å². The van der Waals surface area contributed by atoms with Crippen molar-refractivity contribution in [2.24, 2.45) is 0 Å². The molecule has 9 nitrogen and oxygen atoms in total. The third-order valence-corrected chi connectivity index (χ3v) is 10.5. The number of amides is 1. The second-order valence-corrected chi connectivity index (χ2v) is 14.6. The van der Waals surface area contributed by atoms with E-state index in [1.54, 1.807) is 4.31 Å². The zero-order valence-corrected chi connectivity index (χ0v) is 26.4. The maximum absolute atomic E-state index is 12.4. The van der Waals surface area contributed by atoms with Crippen LogP contribution in [0.15, 0.2) is 18.2 Å². The standard InChI is InChI=1S/C30H45ClN6O3S/c1-33(2)14-4-7-23-21-24(9-10-27(23)31)30-26-22-35(41(3,39)40)20-13-28(26)37(32-30)17-6-15-34-18-11-25(12-19-34)36-16-5-8-29(36)38/h9-10,21,25H,4-8,11-20,22H2,1-3H3. The van der Waals surface area contributed by atoms with Crippen LogP contribution in [0.2, 0.25) is 5.02 Å². The quantitative estimate of drug-likeness (QED) is 0.391. The number of nitrogens with zero attached hydrogens (tertiary/aromatic N) is 6. The summed E-state index contributed by atoms with van der Waals surface area (Å²) < 4.78 is 28.6. The summed E-state index contributed by atoms with van der Waals surface area (Å²) in [5, 5.41) is 5.85. The summed E-state index contributed by atoms with van der Waals surface area (Å²) in [7, 11) is 0.846. The molecule has 1 aromatic carbocycles. The molecule has 1 aromatic heterocycles. The SMILES string of the molecule is CN(C)CCCc1cc(-c2nn(CCCN3CCC(N4CCCC4=O)CC3)c3c2CN(S(C)(=O)=O)CC3)ccc1Cl. The highest BCUT2D eigenvalue weighted by Gasteiger charge is 2.32. The fourth-order valence-electron chi connectivity index (χ4n) is 6.62. The summed E-state index contributed by atoms with van der Waals surface area (Å²) in [5.41, 5.74) is 5.13. The van der Waals surface area contributed by atoms with E-state index >= 15 is 0 Å². The first kappa shape index (κ1) is 30.5. The molecule has 2 fully saturated rings. The van der Waals surface area contributed by atoms with E-state index < -0.39 is 10.0 Å². The Morgan fingerprint density at radius 1 is 1.05 bits per heavy atom. The second-order valence-electron chi connectivity index (χ2n) is 12.2. The minimum Gasteiger partial charge on any atom is -0.340 e. The van der Waals surface area contributed by atoms with Crippen LogP contribution in [0.1, 0.15) is 55.3 Å². The topological polar surface area (TPSA) is 82.0 Å². The lowest BCUT2D eigenvalue weighted by atomic mass is 9.99. The highest BCUT2D eigenvalue weighted by Crippen LogP contribution is 2.33. The zero-order valence-electron chi connectivity index (χ0n) is 24.8. The molecule has 3 aliphatic rings. The third-order valence-electron chi connectivity index (χ3n) is 8.89. The van der Waals surface area contributed by atoms with Gasteiger partial charge in [0, 0.05) is 80.0 Å². The number of likely N-dealkylation sites (tertiary alicyclic amines) is 2. The molecule has 226 valence electrons. The van der Waals surface area contributed by atoms with E-state index in [9.17, 15) is 13.2 Å². The van der Waals surface area contributed by atoms with Crippen LogP contribution in [0.3, 0.4) is 0 Å². The summed E-state index contributed by atoms with van der Waals surface area (Å²) in [6, 6.07) is 6.51. The van der Waals surface area contributed by atoms with Gasteiger partial charge in [-0.25, -0.2) is 8.42 Å². The van der Waals surface area contributed by atoms with Crippen molar-refractivity contribution in [3.8, 4) is 11.3 Å². The van der Waals surface area contributed by atoms with Crippen molar-refractivity contribution in [2.45, 2.75) is 70.5 Å². The van der Waals surface area contributed by atoms with Gasteiger partial charge in [0.15, 0.2) is 0 Å². The molecule has 3 aliphatic heterocycles. The van der Waals surface area contributed by atoms with Crippen LogP contribution in [0.4, 0.5) is 0 Å². The van der Waals surface area contributed by atoms with Crippen LogP contribution < -0.4 is 0 Å². The summed E-state index contributed by atoms with van der Waals surface area (Å²) in [4.78, 5) is 18.9. The monoisotopic (exact) mass is 604 g/mol. The molecular formula is C30H45ClN6O3S. The number of sulfonamides is 1. The Kier molecular flexibility index (Phi) is 9.75. The Hall–Kier alpha value is -1.98. The van der Waals surface area contributed by atoms with Crippen molar-refractivity contribution in [1.82, 2.24) is 28.8 Å². The Labute approximate surface area is 250 Å². The molecule has 41 heavy (non-hydrogen) atoms. The van der Waals surface area contributed by atoms with E-state index in [0.29, 0.717) is 37.9 Å². The van der Waals surface area contributed by atoms with Crippen molar-refractivity contribution < 1.29 is 13.2 Å². The number of benzene rings is 1. The Morgan fingerprint density at radius 2 is 1.83 bits per heavy atom. The highest BCUT2D eigenvalue weighted by atomic mass is 35.5. The van der Waals surface area contributed by atoms with Gasteiger partial charge in [-0.3, -0.25) is 9.48 Å². The van der Waals surface area contributed by atoms with E-state index in [1.165, 1.54) is 6.26 Å². The minimum absolute atomic E-state index is 0.332. The lowest BCUT2D eigenvalue weighted by molar-refractivity contribution is -0.130. The van der Waals surface area contributed by atoms with Crippen molar-refractivity contribution in [1.29, 1.82) is 0 Å². The van der Waals surface area contributed by atoms with Crippen molar-refractivity contribution in [3.63, 3.8) is 0 Å². The van der Waals surface area contributed by atoms with E-state index in [2.05, 4.69) is 39.5 Å². The number of piperidine rings is 1. The van der Waals surface area contributed by atoms with E-state index in [0.717, 1.165) is 111 Å². The largest absolute Gasteiger partial charge is 0.340 e. The number of fused-ring (bicyclic) bond motifs is 1. The first-order valence-corrected chi connectivity index (χ1v) is 17.3. The molecule has 1 amide bonds. The van der Waals surface area contributed by atoms with E-state index in [4.69, 9.17) is 16.7 Å². The van der Waals surface area contributed by atoms with Crippen molar-refractivity contribution in [2.75, 3.05) is 59.6 Å². The molecular weight excluding hydrogens is 560 g/mol. The lowest BCUT2D eigenvalue weighted by Crippen LogP contribution is -2.45. The average Bonchev–Trinajstić information content (AvgIpc) is 3.53. The minimum atomic E-state index is -3.30. The highest BCUT2D eigenvalue weighted by molar-refractivity contribution is 7.88. The number of halogens is 1. The number of hydrogen-bond donors (Lipinski definition) is 0. The molecule has 11 heteroatoms. The van der Waals surface area contributed by atoms with Gasteiger partial charge in [-0.15, -0.1) is 0 Å². The molecule has 0 unspecified atom stereocenters. The lowest BCUT2D eigenvalue weighted by Gasteiger charge is -2.36. The van der Waals surface area contributed by atoms with Gasteiger partial charge in [-0.05, 0) is 83.4 Å². The summed E-state index contributed by atoms with van der Waals surface area (Å²) in [5.74, 6) is 0.332. The van der Waals surface area contributed by atoms with Gasteiger partial charge < -0.3 is 14.7 Å². The Balaban J connectivity index is 1.29. The number of carbonyl (C=O) groups excluding carboxylic acids is 1. The molecule has 0 aliphatic carbocycles. The predicted molar refractivity (Wildman–Crippen MR) is 164 cm³/mol. The zero-order chi connectivity index (χ0) is 29.1. The maximum atomic E-state index is 12.4. The normalized spacial score (nSPS) is 19.4. The van der Waals surface area contributed by atoms with Gasteiger partial charge >= 0.3 is 0 Å². The number of aryl methyl sites for hydroxylation is 2. The first-order chi connectivity index (χ1) is 19.6. The van der Waals surface area contributed by atoms with Gasteiger partial charge in [0.1, 0.15) is 0 Å². The Morgan fingerprint density at radius 3 is 2.51 bits per heavy atom. The molecule has 2 saturated heterocycles. The fourth-order valence-corrected chi connectivity index (χ4v) is 7.62. The molecule has 0 saturated carbocycles. The molecule has 0 radical (unpaired) electrons. The number of carbonyl (C=O) groups is 1. The van der Waals surface area contributed by atoms with Gasteiger partial charge in [-0.1, -0.05) is 17.7 Å². The summed E-state index contributed by atoms with van der Waals surface area (Å²) >= 11 is 6.58.